The standard InChI is InChI=1S/C20H36O7/c1-3-5-7-9-11-13-26-17(21)15-20(25,19(23)24)16-18(22)27-14-12-10-8-6-4-2/h25H,3-16H2,1-2H3,(H,23,24). The topological polar surface area (TPSA) is 110 Å². The summed E-state index contributed by atoms with van der Waals surface area (Å²) in [4.78, 5) is 34.9. The Morgan fingerprint density at radius 1 is 0.704 bits per heavy atom. The maximum absolute atomic E-state index is 11.8. The molecule has 0 unspecified atom stereocenters. The number of unbranched alkanes of at least 4 members (excludes halogenated alkanes) is 8. The van der Waals surface area contributed by atoms with Gasteiger partial charge >= 0.3 is 17.9 Å². The minimum Gasteiger partial charge on any atom is -0.479 e. The number of aliphatic hydroxyl groups is 1. The van der Waals surface area contributed by atoms with Gasteiger partial charge in [-0.05, 0) is 12.8 Å². The normalized spacial score (nSPS) is 11.2. The number of carboxylic acid groups (broad SMARTS) is 1. The number of hydrogen-bond acceptors (Lipinski definition) is 6. The predicted octanol–water partition coefficient (Wildman–Crippen LogP) is 3.61. The molecule has 7 heteroatoms. The van der Waals surface area contributed by atoms with Gasteiger partial charge in [0.1, 0.15) is 0 Å². The summed E-state index contributed by atoms with van der Waals surface area (Å²) in [6.07, 6.45) is 8.25. The van der Waals surface area contributed by atoms with E-state index in [1.54, 1.807) is 0 Å². The van der Waals surface area contributed by atoms with Crippen molar-refractivity contribution in [2.75, 3.05) is 13.2 Å². The van der Waals surface area contributed by atoms with Gasteiger partial charge in [0.15, 0.2) is 5.60 Å². The number of hydrogen-bond donors (Lipinski definition) is 2. The first kappa shape index (κ1) is 25.4. The molecule has 0 saturated heterocycles. The molecular formula is C20H36O7. The Labute approximate surface area is 162 Å². The number of carbonyl (C=O) groups excluding carboxylic acids is 2. The van der Waals surface area contributed by atoms with E-state index >= 15 is 0 Å². The highest BCUT2D eigenvalue weighted by atomic mass is 16.5. The molecule has 0 fully saturated rings. The molecule has 0 aromatic heterocycles. The van der Waals surface area contributed by atoms with Crippen LogP contribution in [0.15, 0.2) is 0 Å². The van der Waals surface area contributed by atoms with Crippen LogP contribution in [0.2, 0.25) is 0 Å². The highest BCUT2D eigenvalue weighted by Crippen LogP contribution is 2.18. The first-order chi connectivity index (χ1) is 12.9. The summed E-state index contributed by atoms with van der Waals surface area (Å²) in [5, 5.41) is 19.4. The Kier molecular flexibility index (Phi) is 14.5. The second kappa shape index (κ2) is 15.4. The van der Waals surface area contributed by atoms with Crippen molar-refractivity contribution in [2.24, 2.45) is 0 Å². The molecule has 0 heterocycles. The van der Waals surface area contributed by atoms with E-state index in [1.807, 2.05) is 0 Å². The zero-order valence-electron chi connectivity index (χ0n) is 16.8. The smallest absolute Gasteiger partial charge is 0.336 e. The SMILES string of the molecule is CCCCCCCOC(=O)CC(O)(CC(=O)OCCCCCCC)C(=O)O. The molecule has 0 aliphatic rings. The third-order valence-corrected chi connectivity index (χ3v) is 4.29. The van der Waals surface area contributed by atoms with E-state index in [2.05, 4.69) is 13.8 Å². The van der Waals surface area contributed by atoms with E-state index < -0.39 is 36.4 Å². The van der Waals surface area contributed by atoms with Crippen LogP contribution in [0.25, 0.3) is 0 Å². The van der Waals surface area contributed by atoms with Crippen LogP contribution in [0, 0.1) is 0 Å². The molecule has 27 heavy (non-hydrogen) atoms. The van der Waals surface area contributed by atoms with Crippen molar-refractivity contribution in [1.82, 2.24) is 0 Å². The molecule has 0 aliphatic heterocycles. The molecule has 0 radical (unpaired) electrons. The lowest BCUT2D eigenvalue weighted by Crippen LogP contribution is -2.43. The van der Waals surface area contributed by atoms with Gasteiger partial charge in [-0.3, -0.25) is 9.59 Å². The van der Waals surface area contributed by atoms with E-state index in [-0.39, 0.29) is 13.2 Å². The monoisotopic (exact) mass is 388 g/mol. The lowest BCUT2D eigenvalue weighted by atomic mass is 9.96. The first-order valence-corrected chi connectivity index (χ1v) is 10.1. The molecule has 0 atom stereocenters. The third-order valence-electron chi connectivity index (χ3n) is 4.29. The molecule has 7 nitrogen and oxygen atoms in total. The summed E-state index contributed by atoms with van der Waals surface area (Å²) in [5.74, 6) is -3.30. The lowest BCUT2D eigenvalue weighted by molar-refractivity contribution is -0.173. The molecule has 2 N–H and O–H groups in total. The van der Waals surface area contributed by atoms with Crippen molar-refractivity contribution in [2.45, 2.75) is 96.5 Å². The van der Waals surface area contributed by atoms with E-state index in [0.717, 1.165) is 51.4 Å². The summed E-state index contributed by atoms with van der Waals surface area (Å²) in [7, 11) is 0. The Balaban J connectivity index is 4.19. The lowest BCUT2D eigenvalue weighted by Gasteiger charge is -2.21. The van der Waals surface area contributed by atoms with Gasteiger partial charge in [-0.25, -0.2) is 4.79 Å². The fraction of sp³-hybridized carbons (Fsp3) is 0.850. The summed E-state index contributed by atoms with van der Waals surface area (Å²) in [6.45, 7) is 4.56. The molecule has 158 valence electrons. The number of esters is 2. The molecule has 0 saturated carbocycles. The number of carboxylic acids is 1. The maximum atomic E-state index is 11.8. The quantitative estimate of drug-likeness (QED) is 0.289. The van der Waals surface area contributed by atoms with Gasteiger partial charge < -0.3 is 19.7 Å². The Hall–Kier alpha value is -1.63. The predicted molar refractivity (Wildman–Crippen MR) is 101 cm³/mol. The summed E-state index contributed by atoms with van der Waals surface area (Å²) in [5.41, 5.74) is -2.50. The van der Waals surface area contributed by atoms with Crippen molar-refractivity contribution in [3.8, 4) is 0 Å². The fourth-order valence-electron chi connectivity index (χ4n) is 2.58. The average molecular weight is 389 g/mol. The Bertz CT molecular complexity index is 404. The van der Waals surface area contributed by atoms with Crippen LogP contribution in [0.5, 0.6) is 0 Å². The third kappa shape index (κ3) is 13.2. The fourth-order valence-corrected chi connectivity index (χ4v) is 2.58. The van der Waals surface area contributed by atoms with Crippen LogP contribution in [-0.2, 0) is 23.9 Å². The van der Waals surface area contributed by atoms with Gasteiger partial charge in [0.25, 0.3) is 0 Å². The van der Waals surface area contributed by atoms with Crippen LogP contribution >= 0.6 is 0 Å². The maximum Gasteiger partial charge on any atom is 0.336 e. The molecule has 0 aliphatic carbocycles. The number of aliphatic carboxylic acids is 1. The summed E-state index contributed by atoms with van der Waals surface area (Å²) in [6, 6.07) is 0. The van der Waals surface area contributed by atoms with Gasteiger partial charge in [-0.2, -0.15) is 0 Å². The molecule has 0 aromatic carbocycles. The van der Waals surface area contributed by atoms with Crippen molar-refractivity contribution < 1.29 is 34.1 Å². The van der Waals surface area contributed by atoms with Gasteiger partial charge in [-0.1, -0.05) is 65.2 Å². The van der Waals surface area contributed by atoms with Gasteiger partial charge in [-0.15, -0.1) is 0 Å². The number of rotatable bonds is 17. The molecule has 0 bridgehead atoms. The van der Waals surface area contributed by atoms with Crippen LogP contribution in [-0.4, -0.2) is 46.9 Å². The van der Waals surface area contributed by atoms with E-state index in [1.165, 1.54) is 0 Å². The minimum absolute atomic E-state index is 0.181. The van der Waals surface area contributed by atoms with Crippen LogP contribution in [0.1, 0.15) is 90.9 Å². The van der Waals surface area contributed by atoms with Gasteiger partial charge in [0.05, 0.1) is 26.1 Å². The molecule has 0 amide bonds. The summed E-state index contributed by atoms with van der Waals surface area (Å²) >= 11 is 0. The minimum atomic E-state index is -2.50. The second-order valence-corrected chi connectivity index (χ2v) is 6.96. The van der Waals surface area contributed by atoms with E-state index in [0.29, 0.717) is 12.8 Å². The molecule has 0 rings (SSSR count). The largest absolute Gasteiger partial charge is 0.479 e. The molecular weight excluding hydrogens is 352 g/mol. The van der Waals surface area contributed by atoms with Crippen molar-refractivity contribution in [1.29, 1.82) is 0 Å². The average Bonchev–Trinajstić information content (AvgIpc) is 2.60. The highest BCUT2D eigenvalue weighted by Gasteiger charge is 2.41. The van der Waals surface area contributed by atoms with Crippen LogP contribution < -0.4 is 0 Å². The Morgan fingerprint density at radius 2 is 1.07 bits per heavy atom. The highest BCUT2D eigenvalue weighted by molar-refractivity contribution is 5.88. The summed E-state index contributed by atoms with van der Waals surface area (Å²) < 4.78 is 9.94. The zero-order chi connectivity index (χ0) is 20.5. The van der Waals surface area contributed by atoms with E-state index in [4.69, 9.17) is 9.47 Å². The Morgan fingerprint density at radius 3 is 1.41 bits per heavy atom. The van der Waals surface area contributed by atoms with Crippen molar-refractivity contribution >= 4 is 17.9 Å². The number of carbonyl (C=O) groups is 3. The van der Waals surface area contributed by atoms with Crippen molar-refractivity contribution in [3.05, 3.63) is 0 Å². The van der Waals surface area contributed by atoms with Crippen LogP contribution in [0.3, 0.4) is 0 Å². The second-order valence-electron chi connectivity index (χ2n) is 6.96. The van der Waals surface area contributed by atoms with Crippen molar-refractivity contribution in [3.63, 3.8) is 0 Å². The van der Waals surface area contributed by atoms with Crippen LogP contribution in [0.4, 0.5) is 0 Å². The van der Waals surface area contributed by atoms with Gasteiger partial charge in [0, 0.05) is 0 Å². The first-order valence-electron chi connectivity index (χ1n) is 10.1. The number of ether oxygens (including phenoxy) is 2. The van der Waals surface area contributed by atoms with E-state index in [9.17, 15) is 24.6 Å². The zero-order valence-corrected chi connectivity index (χ0v) is 16.8. The molecule has 0 spiro atoms. The molecule has 0 aromatic rings. The van der Waals surface area contributed by atoms with Gasteiger partial charge in [0.2, 0.25) is 0 Å².